The first-order valence-corrected chi connectivity index (χ1v) is 23.0. The molecule has 0 radical (unpaired) electrons. The van der Waals surface area contributed by atoms with Crippen LogP contribution in [0.4, 0.5) is 0 Å². The summed E-state index contributed by atoms with van der Waals surface area (Å²) >= 11 is 0. The predicted octanol–water partition coefficient (Wildman–Crippen LogP) is 12.8. The van der Waals surface area contributed by atoms with Gasteiger partial charge in [0.15, 0.2) is 15.7 Å². The van der Waals surface area contributed by atoms with Gasteiger partial charge in [-0.2, -0.15) is 0 Å². The van der Waals surface area contributed by atoms with E-state index in [0.29, 0.717) is 6.54 Å². The average Bonchev–Trinajstić information content (AvgIpc) is 3.37. The number of aromatic hydroxyl groups is 2. The monoisotopic (exact) mass is 712 g/mol. The Morgan fingerprint density at radius 3 is 1.16 bits per heavy atom. The van der Waals surface area contributed by atoms with Gasteiger partial charge >= 0.3 is 0 Å². The maximum Gasteiger partial charge on any atom is 0.213 e. The van der Waals surface area contributed by atoms with Crippen LogP contribution >= 0.6 is 0 Å². The molecule has 1 heterocycles. The van der Waals surface area contributed by atoms with Crippen molar-refractivity contribution in [3.05, 3.63) is 6.07 Å². The van der Waals surface area contributed by atoms with Gasteiger partial charge in [-0.1, -0.05) is 206 Å². The van der Waals surface area contributed by atoms with Gasteiger partial charge in [-0.15, -0.1) is 0 Å². The van der Waals surface area contributed by atoms with E-state index >= 15 is 0 Å². The normalized spacial score (nSPS) is 12.6. The minimum atomic E-state index is -3.83. The van der Waals surface area contributed by atoms with Crippen LogP contribution in [0.25, 0.3) is 0 Å². The summed E-state index contributed by atoms with van der Waals surface area (Å²) in [5, 5.41) is 30.2. The number of aliphatic hydroxyl groups excluding tert-OH is 1. The molecular weight excluding hydrogens is 631 g/mol. The van der Waals surface area contributed by atoms with E-state index in [4.69, 9.17) is 5.11 Å². The Labute approximate surface area is 304 Å². The number of nitrogens with zero attached hydrogens (tertiary/aromatic N) is 1. The van der Waals surface area contributed by atoms with Crippen molar-refractivity contribution in [2.24, 2.45) is 5.92 Å². The van der Waals surface area contributed by atoms with Crippen LogP contribution in [0.15, 0.2) is 11.0 Å². The zero-order valence-corrected chi connectivity index (χ0v) is 33.2. The second-order valence-corrected chi connectivity index (χ2v) is 17.3. The van der Waals surface area contributed by atoms with Gasteiger partial charge in [0.2, 0.25) is 5.88 Å². The van der Waals surface area contributed by atoms with Crippen molar-refractivity contribution in [3.8, 4) is 11.8 Å². The molecule has 0 saturated heterocycles. The third kappa shape index (κ3) is 23.8. The lowest BCUT2D eigenvalue weighted by molar-refractivity contribution is 0.300. The van der Waals surface area contributed by atoms with E-state index in [2.05, 4.69) is 13.8 Å². The fourth-order valence-electron chi connectivity index (χ4n) is 7.33. The summed E-state index contributed by atoms with van der Waals surface area (Å²) in [5.41, 5.74) is 0. The summed E-state index contributed by atoms with van der Waals surface area (Å²) in [7, 11) is -3.83. The lowest BCUT2D eigenvalue weighted by Gasteiger charge is -2.19. The molecule has 6 nitrogen and oxygen atoms in total. The molecule has 0 saturated carbocycles. The number of hydrogen-bond acceptors (Lipinski definition) is 5. The molecule has 0 aromatic carbocycles. The molecule has 290 valence electrons. The van der Waals surface area contributed by atoms with Crippen molar-refractivity contribution < 1.29 is 23.7 Å². The Bertz CT molecular complexity index is 976. The first kappa shape index (κ1) is 45.8. The molecule has 1 aromatic heterocycles. The zero-order chi connectivity index (χ0) is 35.8. The van der Waals surface area contributed by atoms with E-state index in [1.807, 2.05) is 0 Å². The summed E-state index contributed by atoms with van der Waals surface area (Å²) in [5.74, 6) is -0.819. The molecular formula is C42H81NO5S. The van der Waals surface area contributed by atoms with Crippen molar-refractivity contribution in [2.75, 3.05) is 12.4 Å². The quantitative estimate of drug-likeness (QED) is 0.0597. The van der Waals surface area contributed by atoms with E-state index in [-0.39, 0.29) is 16.7 Å². The smallest absolute Gasteiger partial charge is 0.213 e. The van der Waals surface area contributed by atoms with E-state index in [1.165, 1.54) is 184 Å². The summed E-state index contributed by atoms with van der Waals surface area (Å²) in [6.07, 6.45) is 42.8. The zero-order valence-electron chi connectivity index (χ0n) is 32.4. The fraction of sp³-hybridized carbons (Fsp3) is 0.905. The van der Waals surface area contributed by atoms with Crippen molar-refractivity contribution in [1.82, 2.24) is 4.57 Å². The summed E-state index contributed by atoms with van der Waals surface area (Å²) < 4.78 is 26.1. The van der Waals surface area contributed by atoms with Gasteiger partial charge in [0.25, 0.3) is 0 Å². The van der Waals surface area contributed by atoms with E-state index < -0.39 is 28.1 Å². The summed E-state index contributed by atoms with van der Waals surface area (Å²) in [4.78, 5) is -0.288. The molecule has 49 heavy (non-hydrogen) atoms. The first-order chi connectivity index (χ1) is 23.9. The molecule has 0 aliphatic carbocycles. The predicted molar refractivity (Wildman–Crippen MR) is 209 cm³/mol. The van der Waals surface area contributed by atoms with Crippen LogP contribution in [-0.4, -0.2) is 40.7 Å². The van der Waals surface area contributed by atoms with E-state index in [0.717, 1.165) is 31.7 Å². The molecule has 1 unspecified atom stereocenters. The number of rotatable bonds is 37. The molecule has 7 heteroatoms. The Morgan fingerprint density at radius 1 is 0.531 bits per heavy atom. The Balaban J connectivity index is 2.04. The van der Waals surface area contributed by atoms with Gasteiger partial charge in [0.05, 0.1) is 12.4 Å². The minimum absolute atomic E-state index is 0.224. The Kier molecular flexibility index (Phi) is 29.5. The molecule has 0 aliphatic rings. The van der Waals surface area contributed by atoms with Crippen LogP contribution in [0.2, 0.25) is 0 Å². The second kappa shape index (κ2) is 31.5. The van der Waals surface area contributed by atoms with Crippen molar-refractivity contribution in [2.45, 2.75) is 231 Å². The molecule has 1 rings (SSSR count). The molecule has 0 bridgehead atoms. The van der Waals surface area contributed by atoms with Crippen molar-refractivity contribution >= 4 is 9.84 Å². The number of hydrogen-bond donors (Lipinski definition) is 3. The molecule has 1 aromatic rings. The highest BCUT2D eigenvalue weighted by atomic mass is 32.2. The largest absolute Gasteiger partial charge is 0.494 e. The number of unbranched alkanes of at least 4 members (excludes halogenated alkanes) is 28. The molecule has 3 N–H and O–H groups in total. The molecule has 0 aliphatic heterocycles. The molecule has 0 spiro atoms. The number of sulfone groups is 1. The maximum atomic E-state index is 12.4. The topological polar surface area (TPSA) is 99.8 Å². The maximum absolute atomic E-state index is 12.4. The van der Waals surface area contributed by atoms with Crippen LogP contribution in [0.5, 0.6) is 11.8 Å². The molecule has 0 amide bonds. The number of aliphatic hydroxyl groups is 1. The summed E-state index contributed by atoms with van der Waals surface area (Å²) in [6, 6.07) is 1.12. The highest BCUT2D eigenvalue weighted by Gasteiger charge is 2.26. The van der Waals surface area contributed by atoms with E-state index in [9.17, 15) is 18.6 Å². The van der Waals surface area contributed by atoms with Gasteiger partial charge in [-0.05, 0) is 18.8 Å². The third-order valence-electron chi connectivity index (χ3n) is 10.6. The van der Waals surface area contributed by atoms with Gasteiger partial charge in [-0.3, -0.25) is 4.57 Å². The van der Waals surface area contributed by atoms with Crippen LogP contribution < -0.4 is 0 Å². The highest BCUT2D eigenvalue weighted by molar-refractivity contribution is 7.91. The Hall–Kier alpha value is -1.21. The molecule has 0 fully saturated rings. The average molecular weight is 712 g/mol. The van der Waals surface area contributed by atoms with Gasteiger partial charge in [0, 0.05) is 12.6 Å². The highest BCUT2D eigenvalue weighted by Crippen LogP contribution is 2.34. The summed E-state index contributed by atoms with van der Waals surface area (Å²) in [6.45, 7) is 4.39. The van der Waals surface area contributed by atoms with Crippen molar-refractivity contribution in [3.63, 3.8) is 0 Å². The fourth-order valence-corrected chi connectivity index (χ4v) is 8.47. The van der Waals surface area contributed by atoms with Crippen LogP contribution in [0.3, 0.4) is 0 Å². The lowest BCUT2D eigenvalue weighted by atomic mass is 9.94. The SMILES string of the molecule is CCCCCCCCCCCCCCCCCCCCCCCCCCCCC(CCCCCC)Cn1c(O)cc(S(=O)(=O)CCO)c1O. The van der Waals surface area contributed by atoms with E-state index in [1.54, 1.807) is 0 Å². The van der Waals surface area contributed by atoms with Crippen LogP contribution in [-0.2, 0) is 16.4 Å². The number of aromatic nitrogens is 1. The van der Waals surface area contributed by atoms with Gasteiger partial charge in [-0.25, -0.2) is 8.42 Å². The van der Waals surface area contributed by atoms with Crippen LogP contribution in [0, 0.1) is 5.92 Å². The molecule has 1 atom stereocenters. The van der Waals surface area contributed by atoms with Gasteiger partial charge < -0.3 is 15.3 Å². The third-order valence-corrected chi connectivity index (χ3v) is 12.3. The van der Waals surface area contributed by atoms with Crippen molar-refractivity contribution in [1.29, 1.82) is 0 Å². The second-order valence-electron chi connectivity index (χ2n) is 15.2. The van der Waals surface area contributed by atoms with Gasteiger partial charge in [0.1, 0.15) is 4.90 Å². The minimum Gasteiger partial charge on any atom is -0.494 e. The Morgan fingerprint density at radius 2 is 0.837 bits per heavy atom. The lowest BCUT2D eigenvalue weighted by Crippen LogP contribution is -2.12. The van der Waals surface area contributed by atoms with Crippen LogP contribution in [0.1, 0.15) is 219 Å². The standard InChI is InChI=1S/C42H81NO5S/c1-3-5-7-9-10-11-12-13-14-15-16-17-18-19-20-21-22-23-24-25-26-27-28-29-30-32-34-39(33-31-8-6-4-2)38-43-41(45)37-40(42(43)46)49(47,48)36-35-44/h37,39,44-46H,3-36,38H2,1-2H3. The first-order valence-electron chi connectivity index (χ1n) is 21.3.